The van der Waals surface area contributed by atoms with Gasteiger partial charge in [-0.05, 0) is 55.3 Å². The summed E-state index contributed by atoms with van der Waals surface area (Å²) in [5.74, 6) is -0.433. The number of esters is 1. The summed E-state index contributed by atoms with van der Waals surface area (Å²) in [5.41, 5.74) is 0.605. The summed E-state index contributed by atoms with van der Waals surface area (Å²) in [6.07, 6.45) is 0.540. The Labute approximate surface area is 208 Å². The number of hydrogen-bond donors (Lipinski definition) is 1. The highest BCUT2D eigenvalue weighted by Crippen LogP contribution is 2.29. The van der Waals surface area contributed by atoms with Crippen LogP contribution in [0, 0.1) is 12.8 Å². The van der Waals surface area contributed by atoms with Gasteiger partial charge in [-0.3, -0.25) is 0 Å². The number of nitrogens with one attached hydrogen (secondary N) is 1. The van der Waals surface area contributed by atoms with E-state index in [1.807, 2.05) is 13.8 Å². The first-order chi connectivity index (χ1) is 17.1. The maximum Gasteiger partial charge on any atom is 0.344 e. The van der Waals surface area contributed by atoms with E-state index in [4.69, 9.17) is 13.9 Å². The number of aryl methyl sites for hydroxylation is 1. The van der Waals surface area contributed by atoms with Crippen molar-refractivity contribution in [1.29, 1.82) is 0 Å². The highest BCUT2D eigenvalue weighted by Gasteiger charge is 2.31. The Bertz CT molecular complexity index is 1590. The lowest BCUT2D eigenvalue weighted by Crippen LogP contribution is -2.46. The Kier molecular flexibility index (Phi) is 7.14. The van der Waals surface area contributed by atoms with E-state index in [2.05, 4.69) is 4.72 Å². The molecule has 0 fully saturated rings. The number of fused-ring (bicyclic) bond motifs is 3. The average molecular weight is 510 g/mol. The van der Waals surface area contributed by atoms with Crippen molar-refractivity contribution in [1.82, 2.24) is 4.72 Å². The van der Waals surface area contributed by atoms with E-state index >= 15 is 0 Å². The van der Waals surface area contributed by atoms with E-state index < -0.39 is 27.7 Å². The summed E-state index contributed by atoms with van der Waals surface area (Å²) >= 11 is 0. The summed E-state index contributed by atoms with van der Waals surface area (Å²) in [6, 6.07) is 15.0. The zero-order valence-corrected chi connectivity index (χ0v) is 21.2. The fourth-order valence-corrected chi connectivity index (χ4v) is 5.14. The summed E-state index contributed by atoms with van der Waals surface area (Å²) < 4.78 is 44.6. The number of rotatable bonds is 8. The molecule has 0 unspecified atom stereocenters. The normalized spacial score (nSPS) is 13.4. The van der Waals surface area contributed by atoms with Gasteiger partial charge in [0.05, 0.1) is 17.4 Å². The van der Waals surface area contributed by atoms with E-state index in [-0.39, 0.29) is 22.1 Å². The van der Waals surface area contributed by atoms with Gasteiger partial charge in [-0.25, -0.2) is 18.0 Å². The van der Waals surface area contributed by atoms with E-state index in [1.165, 1.54) is 25.3 Å². The topological polar surface area (TPSA) is 112 Å². The maximum absolute atomic E-state index is 13.1. The van der Waals surface area contributed by atoms with E-state index in [9.17, 15) is 18.0 Å². The van der Waals surface area contributed by atoms with Gasteiger partial charge in [-0.2, -0.15) is 4.72 Å². The van der Waals surface area contributed by atoms with Crippen LogP contribution in [0.15, 0.2) is 74.8 Å². The Morgan fingerprint density at radius 3 is 2.31 bits per heavy atom. The van der Waals surface area contributed by atoms with Gasteiger partial charge in [0.15, 0.2) is 0 Å². The molecule has 0 saturated carbocycles. The minimum atomic E-state index is -3.96. The second kappa shape index (κ2) is 10.1. The van der Waals surface area contributed by atoms with Gasteiger partial charge < -0.3 is 13.9 Å². The van der Waals surface area contributed by atoms with Gasteiger partial charge in [-0.15, -0.1) is 0 Å². The van der Waals surface area contributed by atoms with Crippen LogP contribution in [-0.4, -0.2) is 27.5 Å². The fraction of sp³-hybridized carbons (Fsp3) is 0.259. The van der Waals surface area contributed by atoms with Gasteiger partial charge in [0, 0.05) is 16.8 Å². The number of sulfonamides is 1. The molecule has 0 spiro atoms. The number of methoxy groups -OCH3 is 1. The Hall–Kier alpha value is -3.69. The van der Waals surface area contributed by atoms with Crippen LogP contribution in [0.4, 0.5) is 0 Å². The van der Waals surface area contributed by atoms with Crippen LogP contribution in [-0.2, 0) is 14.8 Å². The lowest BCUT2D eigenvalue weighted by Gasteiger charge is -2.22. The smallest absolute Gasteiger partial charge is 0.344 e. The molecule has 0 aliphatic rings. The molecule has 4 aromatic rings. The van der Waals surface area contributed by atoms with Crippen molar-refractivity contribution in [3.8, 4) is 11.5 Å². The van der Waals surface area contributed by atoms with Crippen molar-refractivity contribution >= 4 is 37.7 Å². The molecule has 2 atom stereocenters. The van der Waals surface area contributed by atoms with E-state index in [0.717, 1.165) is 5.56 Å². The highest BCUT2D eigenvalue weighted by molar-refractivity contribution is 7.89. The predicted octanol–water partition coefficient (Wildman–Crippen LogP) is 4.56. The molecule has 1 heterocycles. The van der Waals surface area contributed by atoms with Crippen molar-refractivity contribution in [2.24, 2.45) is 5.92 Å². The zero-order chi connectivity index (χ0) is 26.0. The first kappa shape index (κ1) is 25.4. The van der Waals surface area contributed by atoms with Crippen LogP contribution >= 0.6 is 0 Å². The summed E-state index contributed by atoms with van der Waals surface area (Å²) in [4.78, 5) is 25.7. The van der Waals surface area contributed by atoms with Crippen molar-refractivity contribution < 1.29 is 27.1 Å². The van der Waals surface area contributed by atoms with Crippen molar-refractivity contribution in [2.45, 2.75) is 38.1 Å². The Balaban J connectivity index is 1.64. The SMILES string of the molecule is CC[C@H](C)[C@H](NS(=O)(=O)c1ccc(C)cc1)C(=O)Oc1ccc2c(c1)oc(=O)c1cc(OC)ccc12. The van der Waals surface area contributed by atoms with Crippen molar-refractivity contribution in [3.05, 3.63) is 76.6 Å². The maximum atomic E-state index is 13.1. The van der Waals surface area contributed by atoms with Crippen molar-refractivity contribution in [3.63, 3.8) is 0 Å². The minimum Gasteiger partial charge on any atom is -0.497 e. The average Bonchev–Trinajstić information content (AvgIpc) is 2.86. The molecule has 188 valence electrons. The number of benzene rings is 3. The lowest BCUT2D eigenvalue weighted by molar-refractivity contribution is -0.137. The molecule has 0 aliphatic heterocycles. The second-order valence-corrected chi connectivity index (χ2v) is 10.4. The predicted molar refractivity (Wildman–Crippen MR) is 137 cm³/mol. The Morgan fingerprint density at radius 2 is 1.64 bits per heavy atom. The number of hydrogen-bond acceptors (Lipinski definition) is 7. The van der Waals surface area contributed by atoms with Gasteiger partial charge in [-0.1, -0.05) is 38.0 Å². The largest absolute Gasteiger partial charge is 0.497 e. The summed E-state index contributed by atoms with van der Waals surface area (Å²) in [7, 11) is -2.45. The van der Waals surface area contributed by atoms with Crippen LogP contribution in [0.3, 0.4) is 0 Å². The van der Waals surface area contributed by atoms with Gasteiger partial charge in [0.25, 0.3) is 0 Å². The van der Waals surface area contributed by atoms with Gasteiger partial charge in [0.2, 0.25) is 10.0 Å². The number of carbonyl (C=O) groups excluding carboxylic acids is 1. The monoisotopic (exact) mass is 509 g/mol. The molecular weight excluding hydrogens is 482 g/mol. The molecule has 0 saturated heterocycles. The molecule has 8 nitrogen and oxygen atoms in total. The quantitative estimate of drug-likeness (QED) is 0.160. The third kappa shape index (κ3) is 5.12. The molecule has 4 rings (SSSR count). The van der Waals surface area contributed by atoms with Crippen LogP contribution in [0.2, 0.25) is 0 Å². The molecule has 1 N–H and O–H groups in total. The lowest BCUT2D eigenvalue weighted by atomic mass is 10.0. The molecule has 1 aromatic heterocycles. The molecule has 36 heavy (non-hydrogen) atoms. The van der Waals surface area contributed by atoms with Crippen LogP contribution in [0.1, 0.15) is 25.8 Å². The fourth-order valence-electron chi connectivity index (χ4n) is 3.85. The van der Waals surface area contributed by atoms with Gasteiger partial charge in [0.1, 0.15) is 23.1 Å². The molecule has 9 heteroatoms. The van der Waals surface area contributed by atoms with Gasteiger partial charge >= 0.3 is 11.6 Å². The molecule has 0 bridgehead atoms. The summed E-state index contributed by atoms with van der Waals surface area (Å²) in [5, 5.41) is 1.70. The first-order valence-corrected chi connectivity index (χ1v) is 13.0. The molecule has 0 aliphatic carbocycles. The first-order valence-electron chi connectivity index (χ1n) is 11.5. The van der Waals surface area contributed by atoms with Crippen LogP contribution in [0.25, 0.3) is 21.7 Å². The molecular formula is C27H27NO7S. The molecule has 0 radical (unpaired) electrons. The van der Waals surface area contributed by atoms with E-state index in [0.29, 0.717) is 28.3 Å². The van der Waals surface area contributed by atoms with Crippen LogP contribution < -0.4 is 19.8 Å². The number of carbonyl (C=O) groups is 1. The second-order valence-electron chi connectivity index (χ2n) is 8.68. The highest BCUT2D eigenvalue weighted by atomic mass is 32.2. The third-order valence-corrected chi connectivity index (χ3v) is 7.65. The van der Waals surface area contributed by atoms with Crippen molar-refractivity contribution in [2.75, 3.05) is 7.11 Å². The number of ether oxygens (including phenoxy) is 2. The van der Waals surface area contributed by atoms with Crippen LogP contribution in [0.5, 0.6) is 11.5 Å². The minimum absolute atomic E-state index is 0.0604. The summed E-state index contributed by atoms with van der Waals surface area (Å²) in [6.45, 7) is 5.48. The third-order valence-electron chi connectivity index (χ3n) is 6.19. The molecule has 0 amide bonds. The molecule has 3 aromatic carbocycles. The Morgan fingerprint density at radius 1 is 0.972 bits per heavy atom. The van der Waals surface area contributed by atoms with E-state index in [1.54, 1.807) is 49.4 Å². The standard InChI is InChI=1S/C27H27NO7S/c1-5-17(3)25(28-36(31,32)20-10-6-16(2)7-11-20)27(30)34-19-9-13-22-21-12-8-18(33-4)14-23(21)26(29)35-24(22)15-19/h6-15,17,25,28H,5H2,1-4H3/t17-,25-/m0/s1. The zero-order valence-electron chi connectivity index (χ0n) is 20.4.